The van der Waals surface area contributed by atoms with Crippen molar-refractivity contribution in [2.24, 2.45) is 5.73 Å². The highest BCUT2D eigenvalue weighted by Crippen LogP contribution is 2.16. The number of nitrogens with one attached hydrogen (secondary N) is 2. The Morgan fingerprint density at radius 1 is 0.596 bits per heavy atom. The molecule has 7 N–H and O–H groups in total. The Labute approximate surface area is 316 Å². The average molecular weight is 792 g/mol. The molecule has 0 aliphatic carbocycles. The van der Waals surface area contributed by atoms with Crippen LogP contribution in [-0.4, -0.2) is 214 Å². The predicted molar refractivity (Wildman–Crippen MR) is 205 cm³/mol. The van der Waals surface area contributed by atoms with Crippen LogP contribution in [0.25, 0.3) is 0 Å². The zero-order valence-corrected chi connectivity index (χ0v) is 35.9. The molecule has 0 aliphatic heterocycles. The van der Waals surface area contributed by atoms with Gasteiger partial charge in [0, 0.05) is 140 Å². The van der Waals surface area contributed by atoms with Crippen molar-refractivity contribution in [3.63, 3.8) is 0 Å². The lowest BCUT2D eigenvalue weighted by molar-refractivity contribution is -0.0558. The van der Waals surface area contributed by atoms with E-state index in [2.05, 4.69) is 20.4 Å². The van der Waals surface area contributed by atoms with Crippen molar-refractivity contribution in [1.82, 2.24) is 20.4 Å². The minimum Gasteiger partial charge on any atom is -0.389 e. The first-order chi connectivity index (χ1) is 24.8. The molecule has 0 spiro atoms. The van der Waals surface area contributed by atoms with Gasteiger partial charge in [-0.15, -0.1) is 0 Å². The largest absolute Gasteiger partial charge is 0.500 e. The van der Waals surface area contributed by atoms with Crippen LogP contribution in [0.1, 0.15) is 33.6 Å². The first kappa shape index (κ1) is 51.8. The molecule has 3 unspecified atom stereocenters. The van der Waals surface area contributed by atoms with E-state index in [9.17, 15) is 15.3 Å². The van der Waals surface area contributed by atoms with Crippen LogP contribution >= 0.6 is 0 Å². The van der Waals surface area contributed by atoms with Gasteiger partial charge in [0.05, 0.1) is 43.7 Å². The summed E-state index contributed by atoms with van der Waals surface area (Å²) >= 11 is 0. The maximum Gasteiger partial charge on any atom is 0.500 e. The quantitative estimate of drug-likeness (QED) is 0.0337. The van der Waals surface area contributed by atoms with Crippen molar-refractivity contribution in [1.29, 1.82) is 0 Å². The van der Waals surface area contributed by atoms with Gasteiger partial charge >= 0.3 is 17.6 Å². The van der Waals surface area contributed by atoms with E-state index < -0.39 is 35.9 Å². The highest BCUT2D eigenvalue weighted by atomic mass is 28.4. The first-order valence-electron chi connectivity index (χ1n) is 18.5. The number of nitrogens with zero attached hydrogens (tertiary/aromatic N) is 2. The SMILES string of the molecule is CO[Si](CCCOCC(O)CNCCN(CCNCCN(CCN)CC(O)COC(C)(C)C)CC(O)COCCC[Si](OC)(OC)OC)(OC)OC. The van der Waals surface area contributed by atoms with Crippen LogP contribution in [0.5, 0.6) is 0 Å². The lowest BCUT2D eigenvalue weighted by Gasteiger charge is -2.28. The van der Waals surface area contributed by atoms with E-state index in [1.807, 2.05) is 20.8 Å². The molecule has 0 aromatic carbocycles. The molecule has 19 heteroatoms. The number of rotatable bonds is 37. The van der Waals surface area contributed by atoms with Crippen molar-refractivity contribution in [3.8, 4) is 0 Å². The maximum atomic E-state index is 10.8. The van der Waals surface area contributed by atoms with Gasteiger partial charge in [0.25, 0.3) is 0 Å². The Morgan fingerprint density at radius 2 is 1.00 bits per heavy atom. The number of hydrogen-bond donors (Lipinski definition) is 6. The number of nitrogens with two attached hydrogens (primary N) is 1. The van der Waals surface area contributed by atoms with Crippen LogP contribution in [0.3, 0.4) is 0 Å². The molecule has 0 rings (SSSR count). The Kier molecular flexibility index (Phi) is 30.8. The highest BCUT2D eigenvalue weighted by molar-refractivity contribution is 6.60. The van der Waals surface area contributed by atoms with E-state index in [4.69, 9.17) is 46.5 Å². The van der Waals surface area contributed by atoms with Gasteiger partial charge in [0.1, 0.15) is 0 Å². The van der Waals surface area contributed by atoms with E-state index in [1.54, 1.807) is 42.7 Å². The normalized spacial score (nSPS) is 14.8. The average Bonchev–Trinajstić information content (AvgIpc) is 3.12. The van der Waals surface area contributed by atoms with Crippen LogP contribution in [0.4, 0.5) is 0 Å². The number of ether oxygens (including phenoxy) is 3. The Morgan fingerprint density at radius 3 is 1.42 bits per heavy atom. The predicted octanol–water partition coefficient (Wildman–Crippen LogP) is -0.804. The van der Waals surface area contributed by atoms with Gasteiger partial charge < -0.3 is 72.5 Å². The summed E-state index contributed by atoms with van der Waals surface area (Å²) in [5, 5.41) is 38.5. The number of aliphatic hydroxyl groups excluding tert-OH is 3. The molecule has 0 amide bonds. The summed E-state index contributed by atoms with van der Waals surface area (Å²) in [7, 11) is 4.23. The molecule has 0 aromatic rings. The lowest BCUT2D eigenvalue weighted by Crippen LogP contribution is -2.45. The smallest absolute Gasteiger partial charge is 0.389 e. The Bertz CT molecular complexity index is 803. The Hall–Kier alpha value is -0.246. The highest BCUT2D eigenvalue weighted by Gasteiger charge is 2.37. The molecule has 0 saturated carbocycles. The summed E-state index contributed by atoms with van der Waals surface area (Å²) < 4.78 is 49.8. The molecule has 0 aliphatic rings. The van der Waals surface area contributed by atoms with Crippen LogP contribution in [0.15, 0.2) is 0 Å². The summed E-state index contributed by atoms with van der Waals surface area (Å²) in [5.41, 5.74) is 5.52. The second-order valence-electron chi connectivity index (χ2n) is 13.7. The van der Waals surface area contributed by atoms with Crippen LogP contribution in [-0.2, 0) is 40.8 Å². The summed E-state index contributed by atoms with van der Waals surface area (Å²) in [4.78, 5) is 4.30. The van der Waals surface area contributed by atoms with Gasteiger partial charge in [-0.1, -0.05) is 0 Å². The topological polar surface area (TPSA) is 200 Å². The van der Waals surface area contributed by atoms with Crippen LogP contribution in [0, 0.1) is 0 Å². The van der Waals surface area contributed by atoms with E-state index in [0.29, 0.717) is 97.0 Å². The summed E-state index contributed by atoms with van der Waals surface area (Å²) in [6.07, 6.45) is -0.542. The molecular weight excluding hydrogens is 715 g/mol. The second-order valence-corrected chi connectivity index (χ2v) is 19.9. The van der Waals surface area contributed by atoms with Gasteiger partial charge in [0.15, 0.2) is 0 Å². The second kappa shape index (κ2) is 30.9. The zero-order chi connectivity index (χ0) is 39.3. The van der Waals surface area contributed by atoms with Crippen LogP contribution < -0.4 is 16.4 Å². The van der Waals surface area contributed by atoms with Gasteiger partial charge in [-0.25, -0.2) is 0 Å². The molecule has 0 radical (unpaired) electrons. The lowest BCUT2D eigenvalue weighted by atomic mass is 10.2. The zero-order valence-electron chi connectivity index (χ0n) is 33.9. The van der Waals surface area contributed by atoms with E-state index in [-0.39, 0.29) is 25.4 Å². The Balaban J connectivity index is 4.80. The molecule has 0 saturated heterocycles. The third-order valence-electron chi connectivity index (χ3n) is 8.32. The summed E-state index contributed by atoms with van der Waals surface area (Å²) in [5.74, 6) is 0. The third kappa shape index (κ3) is 25.8. The van der Waals surface area contributed by atoms with E-state index >= 15 is 0 Å². The minimum atomic E-state index is -2.65. The number of aliphatic hydroxyl groups is 3. The first-order valence-corrected chi connectivity index (χ1v) is 22.3. The summed E-state index contributed by atoms with van der Waals surface area (Å²) in [6, 6.07) is 1.25. The van der Waals surface area contributed by atoms with Gasteiger partial charge in [0.2, 0.25) is 0 Å². The monoisotopic (exact) mass is 792 g/mol. The van der Waals surface area contributed by atoms with E-state index in [1.165, 1.54) is 0 Å². The van der Waals surface area contributed by atoms with Gasteiger partial charge in [-0.3, -0.25) is 9.80 Å². The molecule has 3 atom stereocenters. The molecule has 0 aromatic heterocycles. The number of hydrogen-bond acceptors (Lipinski definition) is 17. The molecule has 0 heterocycles. The van der Waals surface area contributed by atoms with Gasteiger partial charge in [-0.2, -0.15) is 0 Å². The van der Waals surface area contributed by atoms with Gasteiger partial charge in [-0.05, 0) is 33.6 Å². The van der Waals surface area contributed by atoms with Crippen molar-refractivity contribution in [2.75, 3.05) is 148 Å². The van der Waals surface area contributed by atoms with E-state index in [0.717, 1.165) is 13.1 Å². The molecule has 52 heavy (non-hydrogen) atoms. The molecule has 17 nitrogen and oxygen atoms in total. The standard InChI is InChI=1S/C33H77N5O12Si2/c1-33(2,3)50-29-32(41)26-37(16-12-34)17-13-35-14-18-38(25-31(40)28-49-21-11-23-52(45-7,46-8)47-9)19-15-36-24-30(39)27-48-20-10-22-51(42-4,43-5)44-6/h30-32,35-36,39-41H,10-29,34H2,1-9H3. The molecular formula is C33H77N5O12Si2. The molecule has 314 valence electrons. The summed E-state index contributed by atoms with van der Waals surface area (Å²) in [6.45, 7) is 14.1. The van der Waals surface area contributed by atoms with Crippen molar-refractivity contribution in [2.45, 2.75) is 69.6 Å². The third-order valence-corrected chi connectivity index (χ3v) is 14.0. The van der Waals surface area contributed by atoms with Crippen LogP contribution in [0.2, 0.25) is 12.1 Å². The molecule has 0 fully saturated rings. The van der Waals surface area contributed by atoms with Crippen molar-refractivity contribution < 1.29 is 56.1 Å². The fraction of sp³-hybridized carbons (Fsp3) is 1.00. The fourth-order valence-corrected chi connectivity index (χ4v) is 8.70. The van der Waals surface area contributed by atoms with Crippen molar-refractivity contribution in [3.05, 3.63) is 0 Å². The molecule has 0 bridgehead atoms. The van der Waals surface area contributed by atoms with Crippen molar-refractivity contribution >= 4 is 17.6 Å². The minimum absolute atomic E-state index is 0.201. The maximum absolute atomic E-state index is 10.8. The fourth-order valence-electron chi connectivity index (χ4n) is 5.32.